The maximum atomic E-state index is 7.65. The van der Waals surface area contributed by atoms with Crippen LogP contribution in [0.1, 0.15) is 134 Å². The lowest BCUT2D eigenvalue weighted by Gasteiger charge is -2.63. The Kier molecular flexibility index (Phi) is 9.20. The minimum atomic E-state index is -0.0527. The molecule has 7 unspecified atom stereocenters. The highest BCUT2D eigenvalue weighted by Gasteiger charge is 2.61. The van der Waals surface area contributed by atoms with Gasteiger partial charge in [-0.15, -0.1) is 0 Å². The maximum Gasteiger partial charge on any atom is 0.0410 e. The van der Waals surface area contributed by atoms with Gasteiger partial charge >= 0.3 is 0 Å². The van der Waals surface area contributed by atoms with Crippen molar-refractivity contribution in [2.75, 3.05) is 0 Å². The summed E-state index contributed by atoms with van der Waals surface area (Å²) in [7, 11) is 0. The fraction of sp³-hybridized carbons (Fsp3) is 0.935. The number of hydrogen-bond acceptors (Lipinski definition) is 1. The number of allylic oxidation sites excluding steroid dienone is 1. The van der Waals surface area contributed by atoms with Crippen LogP contribution in [0.5, 0.6) is 0 Å². The molecule has 0 aliphatic heterocycles. The third kappa shape index (κ3) is 4.76. The topological polar surface area (TPSA) is 26.0 Å². The summed E-state index contributed by atoms with van der Waals surface area (Å²) in [6.07, 6.45) is 12.0. The van der Waals surface area contributed by atoms with Gasteiger partial charge in [0.15, 0.2) is 0 Å². The number of nitrogens with two attached hydrogens (primary N) is 1. The molecule has 3 rings (SSSR count). The zero-order valence-corrected chi connectivity index (χ0v) is 23.9. The van der Waals surface area contributed by atoms with Crippen LogP contribution in [0.2, 0.25) is 0 Å². The van der Waals surface area contributed by atoms with E-state index >= 15 is 0 Å². The van der Waals surface area contributed by atoms with Crippen molar-refractivity contribution < 1.29 is 0 Å². The van der Waals surface area contributed by atoms with Crippen LogP contribution in [-0.2, 0) is 0 Å². The lowest BCUT2D eigenvalue weighted by atomic mass is 9.43. The Bertz CT molecular complexity index is 645. The molecule has 0 bridgehead atoms. The van der Waals surface area contributed by atoms with Crippen molar-refractivity contribution in [3.63, 3.8) is 0 Å². The van der Waals surface area contributed by atoms with Crippen molar-refractivity contribution in [1.29, 1.82) is 0 Å². The van der Waals surface area contributed by atoms with Crippen LogP contribution in [0.4, 0.5) is 0 Å². The van der Waals surface area contributed by atoms with E-state index in [1.165, 1.54) is 57.8 Å². The second-order valence-electron chi connectivity index (χ2n) is 13.0. The molecule has 3 aliphatic carbocycles. The number of rotatable bonds is 7. The van der Waals surface area contributed by atoms with E-state index in [0.717, 1.165) is 23.7 Å². The highest BCUT2D eigenvalue weighted by molar-refractivity contribution is 5.41. The predicted octanol–water partition coefficient (Wildman–Crippen LogP) is 9.41. The molecule has 188 valence electrons. The fourth-order valence-electron chi connectivity index (χ4n) is 8.28. The second kappa shape index (κ2) is 10.5. The monoisotopic (exact) mass is 445 g/mol. The summed E-state index contributed by atoms with van der Waals surface area (Å²) < 4.78 is 0. The lowest BCUT2D eigenvalue weighted by molar-refractivity contribution is -0.0686. The molecule has 0 radical (unpaired) electrons. The van der Waals surface area contributed by atoms with Gasteiger partial charge in [-0.05, 0) is 103 Å². The molecule has 3 aliphatic rings. The molecule has 0 saturated heterocycles. The average Bonchev–Trinajstić information content (AvgIpc) is 3.12. The highest BCUT2D eigenvalue weighted by atomic mass is 14.8. The van der Waals surface area contributed by atoms with Crippen LogP contribution in [0.3, 0.4) is 0 Å². The van der Waals surface area contributed by atoms with E-state index in [1.54, 1.807) is 11.1 Å². The Morgan fingerprint density at radius 3 is 2.09 bits per heavy atom. The van der Waals surface area contributed by atoms with Gasteiger partial charge in [0.1, 0.15) is 0 Å². The van der Waals surface area contributed by atoms with Crippen molar-refractivity contribution in [3.05, 3.63) is 11.1 Å². The Morgan fingerprint density at radius 1 is 0.938 bits per heavy atom. The van der Waals surface area contributed by atoms with Crippen molar-refractivity contribution >= 4 is 0 Å². The molecule has 2 N–H and O–H groups in total. The van der Waals surface area contributed by atoms with E-state index in [0.29, 0.717) is 22.7 Å². The minimum absolute atomic E-state index is 0.0527. The molecule has 0 aromatic rings. The summed E-state index contributed by atoms with van der Waals surface area (Å²) in [4.78, 5) is 0. The molecule has 1 nitrogen and oxygen atoms in total. The Morgan fingerprint density at radius 2 is 1.56 bits per heavy atom. The molecule has 2 saturated carbocycles. The van der Waals surface area contributed by atoms with E-state index in [9.17, 15) is 0 Å². The van der Waals surface area contributed by atoms with E-state index in [1.807, 2.05) is 13.8 Å². The van der Waals surface area contributed by atoms with Crippen molar-refractivity contribution in [3.8, 4) is 0 Å². The van der Waals surface area contributed by atoms with Crippen LogP contribution in [0.15, 0.2) is 11.1 Å². The first-order valence-electron chi connectivity index (χ1n) is 14.4. The van der Waals surface area contributed by atoms with Crippen molar-refractivity contribution in [2.45, 2.75) is 139 Å². The summed E-state index contributed by atoms with van der Waals surface area (Å²) in [6.45, 7) is 26.3. The number of fused-ring (bicyclic) bond motifs is 3. The molecule has 0 aromatic carbocycles. The molecule has 0 aromatic heterocycles. The molecule has 2 fully saturated rings. The molecule has 32 heavy (non-hydrogen) atoms. The first kappa shape index (κ1) is 27.9. The standard InChI is InChI=1S/C29H53N.C2H6/c1-10-21(6)24-13-18-29(30)25(28(24,9)17-11-22(7)19(2)3)14-16-27(8)15-12-23(20(4)5)26(27)29;1-2/h19-22,24-25H,10-18,30H2,1-9H3;1-2H3. The van der Waals surface area contributed by atoms with Crippen LogP contribution in [-0.4, -0.2) is 5.54 Å². The lowest BCUT2D eigenvalue weighted by Crippen LogP contribution is -2.64. The van der Waals surface area contributed by atoms with Gasteiger partial charge in [-0.3, -0.25) is 0 Å². The molecule has 1 heteroatoms. The van der Waals surface area contributed by atoms with E-state index in [-0.39, 0.29) is 5.54 Å². The minimum Gasteiger partial charge on any atom is -0.321 e. The van der Waals surface area contributed by atoms with E-state index in [2.05, 4.69) is 62.3 Å². The van der Waals surface area contributed by atoms with Crippen LogP contribution >= 0.6 is 0 Å². The van der Waals surface area contributed by atoms with Gasteiger partial charge in [-0.2, -0.15) is 0 Å². The molecular formula is C31H59N. The predicted molar refractivity (Wildman–Crippen MR) is 144 cm³/mol. The SMILES string of the molecule is CC.CCC(C)C1CCC2(N)C3=C(C(C)C)CCC3(C)CCC2C1(C)CCC(C)C(C)C. The van der Waals surface area contributed by atoms with E-state index < -0.39 is 0 Å². The molecule has 0 amide bonds. The van der Waals surface area contributed by atoms with Gasteiger partial charge in [0, 0.05) is 5.54 Å². The maximum absolute atomic E-state index is 7.65. The largest absolute Gasteiger partial charge is 0.321 e. The normalized spacial score (nSPS) is 38.8. The van der Waals surface area contributed by atoms with Crippen LogP contribution < -0.4 is 5.73 Å². The first-order chi connectivity index (χ1) is 14.9. The van der Waals surface area contributed by atoms with Crippen molar-refractivity contribution in [1.82, 2.24) is 0 Å². The molecule has 0 heterocycles. The smallest absolute Gasteiger partial charge is 0.0410 e. The van der Waals surface area contributed by atoms with Crippen LogP contribution in [0, 0.1) is 46.3 Å². The second-order valence-corrected chi connectivity index (χ2v) is 13.0. The third-order valence-corrected chi connectivity index (χ3v) is 10.8. The quantitative estimate of drug-likeness (QED) is 0.388. The van der Waals surface area contributed by atoms with E-state index in [4.69, 9.17) is 5.73 Å². The Balaban J connectivity index is 0.00000176. The van der Waals surface area contributed by atoms with Gasteiger partial charge in [0.05, 0.1) is 0 Å². The summed E-state index contributed by atoms with van der Waals surface area (Å²) in [5.74, 6) is 4.54. The zero-order chi connectivity index (χ0) is 24.5. The number of hydrogen-bond donors (Lipinski definition) is 1. The third-order valence-electron chi connectivity index (χ3n) is 10.8. The van der Waals surface area contributed by atoms with Crippen molar-refractivity contribution in [2.24, 2.45) is 52.1 Å². The van der Waals surface area contributed by atoms with Gasteiger partial charge < -0.3 is 5.73 Å². The van der Waals surface area contributed by atoms with Gasteiger partial charge in [-0.1, -0.05) is 88.2 Å². The first-order valence-corrected chi connectivity index (χ1v) is 14.4. The summed E-state index contributed by atoms with van der Waals surface area (Å²) >= 11 is 0. The molecular weight excluding hydrogens is 386 g/mol. The zero-order valence-electron chi connectivity index (χ0n) is 23.9. The average molecular weight is 446 g/mol. The van der Waals surface area contributed by atoms with Gasteiger partial charge in [0.25, 0.3) is 0 Å². The molecule has 0 spiro atoms. The highest BCUT2D eigenvalue weighted by Crippen LogP contribution is 2.66. The fourth-order valence-corrected chi connectivity index (χ4v) is 8.28. The van der Waals surface area contributed by atoms with Gasteiger partial charge in [-0.25, -0.2) is 0 Å². The summed E-state index contributed by atoms with van der Waals surface area (Å²) in [5.41, 5.74) is 11.8. The summed E-state index contributed by atoms with van der Waals surface area (Å²) in [5, 5.41) is 0. The Hall–Kier alpha value is -0.300. The van der Waals surface area contributed by atoms with Gasteiger partial charge in [0.2, 0.25) is 0 Å². The Labute approximate surface area is 202 Å². The van der Waals surface area contributed by atoms with Crippen LogP contribution in [0.25, 0.3) is 0 Å². The summed E-state index contributed by atoms with van der Waals surface area (Å²) in [6, 6.07) is 0. The molecule has 7 atom stereocenters.